The van der Waals surface area contributed by atoms with Crippen LogP contribution < -0.4 is 0 Å². The fraction of sp³-hybridized carbons (Fsp3) is 0.429. The topological polar surface area (TPSA) is 30.0 Å². The van der Waals surface area contributed by atoms with E-state index in [9.17, 15) is 4.79 Å². The second-order valence-corrected chi connectivity index (χ2v) is 4.54. The SMILES string of the molecule is CC(C)C(=O)c1sc(Cl)nc1Cl. The van der Waals surface area contributed by atoms with Crippen LogP contribution in [0.2, 0.25) is 9.62 Å². The van der Waals surface area contributed by atoms with Crippen LogP contribution in [0.1, 0.15) is 23.5 Å². The normalized spacial score (nSPS) is 10.8. The van der Waals surface area contributed by atoms with Gasteiger partial charge in [0, 0.05) is 5.92 Å². The maximum atomic E-state index is 11.4. The smallest absolute Gasteiger partial charge is 0.185 e. The van der Waals surface area contributed by atoms with Gasteiger partial charge in [0.05, 0.1) is 0 Å². The maximum absolute atomic E-state index is 11.4. The first-order chi connectivity index (χ1) is 5.52. The molecule has 1 rings (SSSR count). The van der Waals surface area contributed by atoms with Gasteiger partial charge in [-0.25, -0.2) is 4.98 Å². The fourth-order valence-electron chi connectivity index (χ4n) is 0.691. The maximum Gasteiger partial charge on any atom is 0.185 e. The number of hydrogen-bond donors (Lipinski definition) is 0. The van der Waals surface area contributed by atoms with E-state index in [1.807, 2.05) is 13.8 Å². The van der Waals surface area contributed by atoms with Crippen LogP contribution in [0.15, 0.2) is 0 Å². The predicted molar refractivity (Wildman–Crippen MR) is 51.3 cm³/mol. The Morgan fingerprint density at radius 1 is 1.50 bits per heavy atom. The molecule has 0 saturated carbocycles. The van der Waals surface area contributed by atoms with E-state index >= 15 is 0 Å². The molecule has 66 valence electrons. The number of carbonyl (C=O) groups excluding carboxylic acids is 1. The zero-order chi connectivity index (χ0) is 9.30. The Bertz CT molecular complexity index is 308. The minimum absolute atomic E-state index is 0.00981. The number of carbonyl (C=O) groups is 1. The van der Waals surface area contributed by atoms with Crippen LogP contribution in [0.25, 0.3) is 0 Å². The van der Waals surface area contributed by atoms with Gasteiger partial charge in [0.15, 0.2) is 15.4 Å². The molecular weight excluding hydrogens is 217 g/mol. The van der Waals surface area contributed by atoms with Gasteiger partial charge in [-0.1, -0.05) is 48.4 Å². The fourth-order valence-corrected chi connectivity index (χ4v) is 2.17. The molecule has 12 heavy (non-hydrogen) atoms. The summed E-state index contributed by atoms with van der Waals surface area (Å²) in [5.41, 5.74) is 0. The molecule has 1 heterocycles. The summed E-state index contributed by atoms with van der Waals surface area (Å²) < 4.78 is 0.309. The Morgan fingerprint density at radius 2 is 2.08 bits per heavy atom. The molecule has 0 unspecified atom stereocenters. The molecule has 0 aromatic carbocycles. The van der Waals surface area contributed by atoms with Crippen molar-refractivity contribution in [3.05, 3.63) is 14.5 Å². The number of nitrogens with zero attached hydrogens (tertiary/aromatic N) is 1. The first-order valence-corrected chi connectivity index (χ1v) is 4.95. The summed E-state index contributed by atoms with van der Waals surface area (Å²) in [7, 11) is 0. The predicted octanol–water partition coefficient (Wildman–Crippen LogP) is 3.29. The molecule has 0 radical (unpaired) electrons. The van der Waals surface area contributed by atoms with Gasteiger partial charge in [0.2, 0.25) is 0 Å². The molecule has 0 saturated heterocycles. The summed E-state index contributed by atoms with van der Waals surface area (Å²) in [6.07, 6.45) is 0. The highest BCUT2D eigenvalue weighted by Gasteiger charge is 2.18. The lowest BCUT2D eigenvalue weighted by Crippen LogP contribution is -2.05. The van der Waals surface area contributed by atoms with Gasteiger partial charge in [0.25, 0.3) is 0 Å². The number of Topliss-reactive ketones (excluding diaryl/α,β-unsaturated/α-hetero) is 1. The molecule has 0 aliphatic heterocycles. The minimum Gasteiger partial charge on any atom is -0.293 e. The van der Waals surface area contributed by atoms with E-state index in [2.05, 4.69) is 4.98 Å². The molecule has 1 aromatic heterocycles. The first kappa shape index (κ1) is 9.96. The number of thiazole rings is 1. The van der Waals surface area contributed by atoms with Gasteiger partial charge in [-0.2, -0.15) is 0 Å². The molecule has 0 spiro atoms. The summed E-state index contributed by atoms with van der Waals surface area (Å²) in [5.74, 6) is -0.0802. The van der Waals surface area contributed by atoms with Crippen LogP contribution in [0, 0.1) is 5.92 Å². The Kier molecular flexibility index (Phi) is 3.09. The van der Waals surface area contributed by atoms with E-state index in [-0.39, 0.29) is 16.9 Å². The molecule has 0 fully saturated rings. The molecule has 0 amide bonds. The van der Waals surface area contributed by atoms with Crippen molar-refractivity contribution < 1.29 is 4.79 Å². The standard InChI is InChI=1S/C7H7Cl2NOS/c1-3(2)4(11)5-6(8)10-7(9)12-5/h3H,1-2H3. The van der Waals surface area contributed by atoms with Crippen LogP contribution >= 0.6 is 34.5 Å². The van der Waals surface area contributed by atoms with Crippen molar-refractivity contribution in [2.45, 2.75) is 13.8 Å². The number of halogens is 2. The summed E-state index contributed by atoms with van der Waals surface area (Å²) in [4.78, 5) is 15.6. The zero-order valence-electron chi connectivity index (χ0n) is 6.60. The van der Waals surface area contributed by atoms with E-state index in [1.54, 1.807) is 0 Å². The molecule has 0 aliphatic carbocycles. The molecule has 2 nitrogen and oxygen atoms in total. The Balaban J connectivity index is 3.02. The Labute approximate surface area is 84.5 Å². The monoisotopic (exact) mass is 223 g/mol. The lowest BCUT2D eigenvalue weighted by Gasteiger charge is -1.99. The molecule has 0 bridgehead atoms. The molecule has 0 N–H and O–H groups in total. The van der Waals surface area contributed by atoms with E-state index in [4.69, 9.17) is 23.2 Å². The molecule has 5 heteroatoms. The molecule has 1 aromatic rings. The van der Waals surface area contributed by atoms with Crippen molar-refractivity contribution in [3.8, 4) is 0 Å². The third-order valence-corrected chi connectivity index (χ3v) is 2.87. The summed E-state index contributed by atoms with van der Waals surface area (Å²) in [6, 6.07) is 0. The van der Waals surface area contributed by atoms with Gasteiger partial charge >= 0.3 is 0 Å². The van der Waals surface area contributed by atoms with Crippen LogP contribution in [-0.2, 0) is 0 Å². The zero-order valence-corrected chi connectivity index (χ0v) is 8.93. The van der Waals surface area contributed by atoms with Crippen molar-refractivity contribution in [2.75, 3.05) is 0 Å². The molecule has 0 aliphatic rings. The molecular formula is C7H7Cl2NOS. The van der Waals surface area contributed by atoms with Crippen molar-refractivity contribution in [1.29, 1.82) is 0 Å². The van der Waals surface area contributed by atoms with Crippen molar-refractivity contribution in [3.63, 3.8) is 0 Å². The number of hydrogen-bond acceptors (Lipinski definition) is 3. The van der Waals surface area contributed by atoms with Crippen LogP contribution in [-0.4, -0.2) is 10.8 Å². The lowest BCUT2D eigenvalue weighted by atomic mass is 10.1. The average Bonchev–Trinajstić information content (AvgIpc) is 2.28. The third kappa shape index (κ3) is 1.97. The quantitative estimate of drug-likeness (QED) is 0.721. The lowest BCUT2D eigenvalue weighted by molar-refractivity contribution is 0.0943. The summed E-state index contributed by atoms with van der Waals surface area (Å²) in [6.45, 7) is 3.62. The summed E-state index contributed by atoms with van der Waals surface area (Å²) >= 11 is 12.4. The van der Waals surface area contributed by atoms with E-state index in [0.717, 1.165) is 11.3 Å². The minimum atomic E-state index is -0.0704. The second kappa shape index (κ2) is 3.73. The number of rotatable bonds is 2. The third-order valence-electron chi connectivity index (χ3n) is 1.31. The average molecular weight is 224 g/mol. The highest BCUT2D eigenvalue weighted by Crippen LogP contribution is 2.28. The molecule has 0 atom stereocenters. The van der Waals surface area contributed by atoms with Gasteiger partial charge in [-0.3, -0.25) is 4.79 Å². The number of aromatic nitrogens is 1. The largest absolute Gasteiger partial charge is 0.293 e. The van der Waals surface area contributed by atoms with E-state index in [0.29, 0.717) is 9.34 Å². The first-order valence-electron chi connectivity index (χ1n) is 3.38. The second-order valence-electron chi connectivity index (χ2n) is 2.61. The van der Waals surface area contributed by atoms with E-state index < -0.39 is 0 Å². The van der Waals surface area contributed by atoms with Gasteiger partial charge < -0.3 is 0 Å². The van der Waals surface area contributed by atoms with Crippen LogP contribution in [0.3, 0.4) is 0 Å². The Morgan fingerprint density at radius 3 is 2.42 bits per heavy atom. The summed E-state index contributed by atoms with van der Waals surface area (Å²) in [5, 5.41) is 0.212. The van der Waals surface area contributed by atoms with Crippen molar-refractivity contribution >= 4 is 40.3 Å². The highest BCUT2D eigenvalue weighted by atomic mass is 35.5. The van der Waals surface area contributed by atoms with Gasteiger partial charge in [-0.05, 0) is 0 Å². The van der Waals surface area contributed by atoms with Crippen molar-refractivity contribution in [1.82, 2.24) is 4.98 Å². The Hall–Kier alpha value is -0.120. The van der Waals surface area contributed by atoms with Crippen LogP contribution in [0.4, 0.5) is 0 Å². The highest BCUT2D eigenvalue weighted by molar-refractivity contribution is 7.18. The van der Waals surface area contributed by atoms with Crippen LogP contribution in [0.5, 0.6) is 0 Å². The van der Waals surface area contributed by atoms with Crippen molar-refractivity contribution in [2.24, 2.45) is 5.92 Å². The van der Waals surface area contributed by atoms with E-state index in [1.165, 1.54) is 0 Å². The van der Waals surface area contributed by atoms with Gasteiger partial charge in [-0.15, -0.1) is 0 Å². The number of ketones is 1. The van der Waals surface area contributed by atoms with Gasteiger partial charge in [0.1, 0.15) is 4.88 Å².